The zero-order chi connectivity index (χ0) is 13.5. The lowest BCUT2D eigenvalue weighted by Crippen LogP contribution is -2.64. The number of fused-ring (bicyclic) bond motifs is 1. The minimum Gasteiger partial charge on any atom is -0.385 e. The maximum absolute atomic E-state index is 10.5. The summed E-state index contributed by atoms with van der Waals surface area (Å²) >= 11 is 0. The molecule has 0 bridgehead atoms. The van der Waals surface area contributed by atoms with Crippen LogP contribution in [0.25, 0.3) is 0 Å². The molecule has 0 aromatic rings. The molecule has 0 aromatic heterocycles. The Bertz CT molecular complexity index is 323. The SMILES string of the molecule is CCC1(CC)O[C@@H]2[C@@H](CO[C@]3(COCCO3)[C@H]2O)O1. The minimum absolute atomic E-state index is 0.228. The molecule has 3 saturated heterocycles. The second kappa shape index (κ2) is 4.95. The Kier molecular flexibility index (Phi) is 3.57. The summed E-state index contributed by atoms with van der Waals surface area (Å²) in [5, 5.41) is 10.5. The van der Waals surface area contributed by atoms with Crippen molar-refractivity contribution in [3.8, 4) is 0 Å². The minimum atomic E-state index is -1.10. The Morgan fingerprint density at radius 3 is 2.53 bits per heavy atom. The Hall–Kier alpha value is -0.240. The van der Waals surface area contributed by atoms with E-state index in [9.17, 15) is 5.11 Å². The van der Waals surface area contributed by atoms with Gasteiger partial charge in [0.2, 0.25) is 5.79 Å². The zero-order valence-corrected chi connectivity index (χ0v) is 11.5. The van der Waals surface area contributed by atoms with Gasteiger partial charge >= 0.3 is 0 Å². The van der Waals surface area contributed by atoms with Crippen molar-refractivity contribution in [3.63, 3.8) is 0 Å². The topological polar surface area (TPSA) is 66.4 Å². The monoisotopic (exact) mass is 274 g/mol. The fourth-order valence-electron chi connectivity index (χ4n) is 3.02. The van der Waals surface area contributed by atoms with Crippen LogP contribution in [-0.4, -0.2) is 61.4 Å². The van der Waals surface area contributed by atoms with Crippen LogP contribution < -0.4 is 0 Å². The fourth-order valence-corrected chi connectivity index (χ4v) is 3.02. The normalized spacial score (nSPS) is 45.3. The summed E-state index contributed by atoms with van der Waals surface area (Å²) in [6.45, 7) is 5.56. The van der Waals surface area contributed by atoms with E-state index in [4.69, 9.17) is 23.7 Å². The van der Waals surface area contributed by atoms with Crippen LogP contribution in [0.1, 0.15) is 26.7 Å². The van der Waals surface area contributed by atoms with Gasteiger partial charge in [-0.3, -0.25) is 0 Å². The molecule has 3 heterocycles. The van der Waals surface area contributed by atoms with E-state index in [1.54, 1.807) is 0 Å². The molecule has 6 nitrogen and oxygen atoms in total. The number of hydrogen-bond donors (Lipinski definition) is 1. The highest BCUT2D eigenvalue weighted by molar-refractivity contribution is 5.00. The van der Waals surface area contributed by atoms with E-state index in [1.807, 2.05) is 13.8 Å². The molecule has 4 atom stereocenters. The van der Waals surface area contributed by atoms with Crippen molar-refractivity contribution >= 4 is 0 Å². The maximum Gasteiger partial charge on any atom is 0.221 e. The Balaban J connectivity index is 1.78. The summed E-state index contributed by atoms with van der Waals surface area (Å²) in [6.07, 6.45) is -0.0748. The van der Waals surface area contributed by atoms with Crippen LogP contribution in [0.5, 0.6) is 0 Å². The first kappa shape index (κ1) is 13.7. The van der Waals surface area contributed by atoms with Gasteiger partial charge in [-0.05, 0) is 12.8 Å². The van der Waals surface area contributed by atoms with Crippen molar-refractivity contribution in [1.82, 2.24) is 0 Å². The third kappa shape index (κ3) is 2.11. The van der Waals surface area contributed by atoms with E-state index in [-0.39, 0.29) is 12.7 Å². The highest BCUT2D eigenvalue weighted by atomic mass is 16.8. The van der Waals surface area contributed by atoms with E-state index in [2.05, 4.69) is 0 Å². The number of ether oxygens (including phenoxy) is 5. The van der Waals surface area contributed by atoms with Gasteiger partial charge in [0, 0.05) is 0 Å². The Labute approximate surface area is 112 Å². The lowest BCUT2D eigenvalue weighted by molar-refractivity contribution is -0.361. The van der Waals surface area contributed by atoms with Crippen LogP contribution in [0.4, 0.5) is 0 Å². The number of aliphatic hydroxyl groups is 1. The van der Waals surface area contributed by atoms with Crippen LogP contribution in [0, 0.1) is 0 Å². The average Bonchev–Trinajstić information content (AvgIpc) is 2.85. The molecule has 0 aromatic carbocycles. The Morgan fingerprint density at radius 1 is 1.11 bits per heavy atom. The van der Waals surface area contributed by atoms with Crippen molar-refractivity contribution in [1.29, 1.82) is 0 Å². The van der Waals surface area contributed by atoms with Gasteiger partial charge in [0.05, 0.1) is 19.8 Å². The largest absolute Gasteiger partial charge is 0.385 e. The third-order valence-corrected chi connectivity index (χ3v) is 4.29. The zero-order valence-electron chi connectivity index (χ0n) is 11.5. The summed E-state index contributed by atoms with van der Waals surface area (Å²) < 4.78 is 28.7. The lowest BCUT2D eigenvalue weighted by atomic mass is 9.97. The van der Waals surface area contributed by atoms with E-state index < -0.39 is 23.8 Å². The molecule has 0 radical (unpaired) electrons. The van der Waals surface area contributed by atoms with Gasteiger partial charge in [-0.1, -0.05) is 13.8 Å². The molecule has 3 aliphatic rings. The molecule has 110 valence electrons. The van der Waals surface area contributed by atoms with Gasteiger partial charge in [0.25, 0.3) is 0 Å². The molecule has 0 saturated carbocycles. The second-order valence-electron chi connectivity index (χ2n) is 5.33. The molecule has 3 aliphatic heterocycles. The molecule has 6 heteroatoms. The predicted molar refractivity (Wildman–Crippen MR) is 64.5 cm³/mol. The average molecular weight is 274 g/mol. The van der Waals surface area contributed by atoms with Crippen molar-refractivity contribution < 1.29 is 28.8 Å². The van der Waals surface area contributed by atoms with Gasteiger partial charge in [-0.2, -0.15) is 0 Å². The van der Waals surface area contributed by atoms with E-state index in [0.29, 0.717) is 19.8 Å². The number of hydrogen-bond acceptors (Lipinski definition) is 6. The van der Waals surface area contributed by atoms with E-state index in [0.717, 1.165) is 12.8 Å². The van der Waals surface area contributed by atoms with Crippen molar-refractivity contribution in [2.24, 2.45) is 0 Å². The molecular weight excluding hydrogens is 252 g/mol. The summed E-state index contributed by atoms with van der Waals surface area (Å²) in [5.41, 5.74) is 0. The van der Waals surface area contributed by atoms with Gasteiger partial charge in [0.1, 0.15) is 24.9 Å². The molecule has 1 spiro atoms. The number of rotatable bonds is 2. The summed E-state index contributed by atoms with van der Waals surface area (Å²) in [4.78, 5) is 0. The first-order chi connectivity index (χ1) is 9.15. The van der Waals surface area contributed by atoms with Gasteiger partial charge in [-0.15, -0.1) is 0 Å². The summed E-state index contributed by atoms with van der Waals surface area (Å²) in [5.74, 6) is -1.71. The number of aliphatic hydroxyl groups excluding tert-OH is 1. The van der Waals surface area contributed by atoms with E-state index >= 15 is 0 Å². The first-order valence-corrected chi connectivity index (χ1v) is 7.04. The van der Waals surface area contributed by atoms with Gasteiger partial charge in [0.15, 0.2) is 5.79 Å². The van der Waals surface area contributed by atoms with Crippen LogP contribution in [0.15, 0.2) is 0 Å². The van der Waals surface area contributed by atoms with Crippen molar-refractivity contribution in [3.05, 3.63) is 0 Å². The molecule has 0 amide bonds. The van der Waals surface area contributed by atoms with E-state index in [1.165, 1.54) is 0 Å². The van der Waals surface area contributed by atoms with Crippen LogP contribution >= 0.6 is 0 Å². The second-order valence-corrected chi connectivity index (χ2v) is 5.33. The van der Waals surface area contributed by atoms with Crippen LogP contribution in [0.3, 0.4) is 0 Å². The lowest BCUT2D eigenvalue weighted by Gasteiger charge is -2.45. The van der Waals surface area contributed by atoms with Crippen molar-refractivity contribution in [2.45, 2.75) is 56.6 Å². The standard InChI is InChI=1S/C13H22O6/c1-3-12(4-2)18-9-7-17-13(8-15-5-6-16-13)11(14)10(9)19-12/h9-11,14H,3-8H2,1-2H3/t9-,10-,11+,13-/m1/s1. The summed E-state index contributed by atoms with van der Waals surface area (Å²) in [7, 11) is 0. The highest BCUT2D eigenvalue weighted by Gasteiger charge is 2.59. The quantitative estimate of drug-likeness (QED) is 0.787. The summed E-state index contributed by atoms with van der Waals surface area (Å²) in [6, 6.07) is 0. The van der Waals surface area contributed by atoms with Gasteiger partial charge in [-0.25, -0.2) is 0 Å². The van der Waals surface area contributed by atoms with Gasteiger partial charge < -0.3 is 28.8 Å². The molecule has 3 fully saturated rings. The molecule has 0 unspecified atom stereocenters. The molecule has 19 heavy (non-hydrogen) atoms. The van der Waals surface area contributed by atoms with Crippen LogP contribution in [0.2, 0.25) is 0 Å². The molecule has 1 N–H and O–H groups in total. The molecule has 3 rings (SSSR count). The third-order valence-electron chi connectivity index (χ3n) is 4.29. The fraction of sp³-hybridized carbons (Fsp3) is 1.00. The first-order valence-electron chi connectivity index (χ1n) is 7.04. The molecule has 0 aliphatic carbocycles. The Morgan fingerprint density at radius 2 is 1.89 bits per heavy atom. The van der Waals surface area contributed by atoms with Crippen molar-refractivity contribution in [2.75, 3.05) is 26.4 Å². The van der Waals surface area contributed by atoms with Crippen LogP contribution in [-0.2, 0) is 23.7 Å². The maximum atomic E-state index is 10.5. The highest BCUT2D eigenvalue weighted by Crippen LogP contribution is 2.42. The molecular formula is C13H22O6. The predicted octanol–water partition coefficient (Wildman–Crippen LogP) is 0.421. The smallest absolute Gasteiger partial charge is 0.221 e.